The molecule has 0 atom stereocenters. The highest BCUT2D eigenvalue weighted by Gasteiger charge is 2.12. The van der Waals surface area contributed by atoms with E-state index in [1.165, 1.54) is 54.8 Å². The third kappa shape index (κ3) is 5.75. The molecule has 1 amide bonds. The number of thiophene rings is 1. The number of hydrogen-bond acceptors (Lipinski definition) is 4. The van der Waals surface area contributed by atoms with Crippen LogP contribution in [-0.2, 0) is 13.2 Å². The minimum absolute atomic E-state index is 0.0771. The van der Waals surface area contributed by atoms with E-state index >= 15 is 0 Å². The molecule has 0 saturated carbocycles. The van der Waals surface area contributed by atoms with E-state index in [-0.39, 0.29) is 5.91 Å². The van der Waals surface area contributed by atoms with Crippen molar-refractivity contribution in [3.05, 3.63) is 81.0 Å². The number of nitrogens with one attached hydrogen (secondary N) is 1. The van der Waals surface area contributed by atoms with Gasteiger partial charge in [0.15, 0.2) is 0 Å². The molecule has 2 aromatic carbocycles. The Morgan fingerprint density at radius 3 is 2.58 bits per heavy atom. The van der Waals surface area contributed by atoms with Gasteiger partial charge in [0.2, 0.25) is 0 Å². The van der Waals surface area contributed by atoms with Gasteiger partial charge in [-0.15, -0.1) is 11.3 Å². The molecule has 1 fully saturated rings. The van der Waals surface area contributed by atoms with Gasteiger partial charge in [-0.1, -0.05) is 30.7 Å². The van der Waals surface area contributed by atoms with Gasteiger partial charge in [-0.05, 0) is 86.1 Å². The van der Waals surface area contributed by atoms with Crippen LogP contribution in [0.5, 0.6) is 5.75 Å². The molecular weight excluding hydrogens is 404 g/mol. The monoisotopic (exact) mass is 434 g/mol. The molecule has 4 rings (SSSR count). The van der Waals surface area contributed by atoms with Crippen molar-refractivity contribution in [1.82, 2.24) is 4.90 Å². The van der Waals surface area contributed by atoms with Crippen LogP contribution < -0.4 is 10.1 Å². The molecule has 1 aliphatic heterocycles. The van der Waals surface area contributed by atoms with E-state index in [0.29, 0.717) is 11.5 Å². The molecule has 31 heavy (non-hydrogen) atoms. The molecule has 1 N–H and O–H groups in total. The fourth-order valence-corrected chi connectivity index (χ4v) is 4.67. The minimum Gasteiger partial charge on any atom is -0.489 e. The Hall–Kier alpha value is -2.63. The Kier molecular flexibility index (Phi) is 7.05. The number of aryl methyl sites for hydroxylation is 1. The first kappa shape index (κ1) is 21.6. The lowest BCUT2D eigenvalue weighted by Gasteiger charge is -2.26. The zero-order chi connectivity index (χ0) is 21.6. The number of carbonyl (C=O) groups excluding carboxylic acids is 1. The highest BCUT2D eigenvalue weighted by Crippen LogP contribution is 2.24. The SMILES string of the molecule is Cc1cccc(OCc2csc(C(=O)Nc3ccc(CN4CCCCC4)cc3)c2)c1C. The summed E-state index contributed by atoms with van der Waals surface area (Å²) in [7, 11) is 0. The average molecular weight is 435 g/mol. The lowest BCUT2D eigenvalue weighted by molar-refractivity contribution is 0.103. The number of hydrogen-bond donors (Lipinski definition) is 1. The molecule has 0 aliphatic carbocycles. The summed E-state index contributed by atoms with van der Waals surface area (Å²) in [5.41, 5.74) is 5.49. The number of carbonyl (C=O) groups is 1. The van der Waals surface area contributed by atoms with Crippen molar-refractivity contribution in [3.8, 4) is 5.75 Å². The summed E-state index contributed by atoms with van der Waals surface area (Å²) in [6.45, 7) is 7.96. The van der Waals surface area contributed by atoms with E-state index in [4.69, 9.17) is 4.74 Å². The summed E-state index contributed by atoms with van der Waals surface area (Å²) in [5, 5.41) is 5.00. The van der Waals surface area contributed by atoms with Crippen LogP contribution in [-0.4, -0.2) is 23.9 Å². The molecule has 0 unspecified atom stereocenters. The summed E-state index contributed by atoms with van der Waals surface area (Å²) >= 11 is 1.45. The van der Waals surface area contributed by atoms with Gasteiger partial charge in [0.25, 0.3) is 5.91 Å². The quantitative estimate of drug-likeness (QED) is 0.483. The first-order chi connectivity index (χ1) is 15.1. The highest BCUT2D eigenvalue weighted by atomic mass is 32.1. The van der Waals surface area contributed by atoms with E-state index in [0.717, 1.165) is 29.1 Å². The Bertz CT molecular complexity index is 1020. The molecule has 3 aromatic rings. The fraction of sp³-hybridized carbons (Fsp3) is 0.346. The van der Waals surface area contributed by atoms with Crippen molar-refractivity contribution in [3.63, 3.8) is 0 Å². The molecule has 0 radical (unpaired) electrons. The number of likely N-dealkylation sites (tertiary alicyclic amines) is 1. The molecule has 4 nitrogen and oxygen atoms in total. The topological polar surface area (TPSA) is 41.6 Å². The number of piperidine rings is 1. The molecule has 5 heteroatoms. The summed E-state index contributed by atoms with van der Waals surface area (Å²) in [6, 6.07) is 16.2. The number of benzene rings is 2. The van der Waals surface area contributed by atoms with E-state index in [2.05, 4.69) is 42.3 Å². The van der Waals surface area contributed by atoms with Gasteiger partial charge >= 0.3 is 0 Å². The second-order valence-corrected chi connectivity index (χ2v) is 9.21. The van der Waals surface area contributed by atoms with Gasteiger partial charge in [-0.2, -0.15) is 0 Å². The molecule has 1 aromatic heterocycles. The van der Waals surface area contributed by atoms with Gasteiger partial charge < -0.3 is 10.1 Å². The zero-order valence-corrected chi connectivity index (χ0v) is 19.1. The summed E-state index contributed by atoms with van der Waals surface area (Å²) in [5.74, 6) is 0.814. The largest absolute Gasteiger partial charge is 0.489 e. The number of ether oxygens (including phenoxy) is 1. The lowest BCUT2D eigenvalue weighted by atomic mass is 10.1. The third-order valence-electron chi connectivity index (χ3n) is 5.89. The van der Waals surface area contributed by atoms with Crippen LogP contribution in [0.25, 0.3) is 0 Å². The normalized spacial score (nSPS) is 14.4. The van der Waals surface area contributed by atoms with Gasteiger partial charge in [0.05, 0.1) is 4.88 Å². The maximum atomic E-state index is 12.7. The molecule has 0 bridgehead atoms. The molecular formula is C26H30N2O2S. The van der Waals surface area contributed by atoms with Crippen LogP contribution in [0.3, 0.4) is 0 Å². The number of nitrogens with zero attached hydrogens (tertiary/aromatic N) is 1. The van der Waals surface area contributed by atoms with Crippen LogP contribution >= 0.6 is 11.3 Å². The summed E-state index contributed by atoms with van der Waals surface area (Å²) in [6.07, 6.45) is 3.95. The van der Waals surface area contributed by atoms with Crippen LogP contribution in [0.1, 0.15) is 51.2 Å². The van der Waals surface area contributed by atoms with Crippen molar-refractivity contribution < 1.29 is 9.53 Å². The van der Waals surface area contributed by atoms with Crippen LogP contribution in [0, 0.1) is 13.8 Å². The summed E-state index contributed by atoms with van der Waals surface area (Å²) in [4.78, 5) is 15.8. The van der Waals surface area contributed by atoms with Gasteiger partial charge in [-0.3, -0.25) is 9.69 Å². The van der Waals surface area contributed by atoms with Crippen molar-refractivity contribution in [1.29, 1.82) is 0 Å². The van der Waals surface area contributed by atoms with Crippen molar-refractivity contribution in [2.24, 2.45) is 0 Å². The minimum atomic E-state index is -0.0771. The number of rotatable bonds is 7. The van der Waals surface area contributed by atoms with E-state index in [1.54, 1.807) is 0 Å². The van der Waals surface area contributed by atoms with E-state index < -0.39 is 0 Å². The second kappa shape index (κ2) is 10.1. The van der Waals surface area contributed by atoms with Crippen LogP contribution in [0.15, 0.2) is 53.9 Å². The molecule has 2 heterocycles. The number of amides is 1. The smallest absolute Gasteiger partial charge is 0.265 e. The Morgan fingerprint density at radius 2 is 1.81 bits per heavy atom. The Morgan fingerprint density at radius 1 is 1.03 bits per heavy atom. The maximum Gasteiger partial charge on any atom is 0.265 e. The standard InChI is InChI=1S/C26H30N2O2S/c1-19-7-6-8-24(20(19)2)30-17-22-15-25(31-18-22)26(29)27-23-11-9-21(10-12-23)16-28-13-4-3-5-14-28/h6-12,15,18H,3-5,13-14,16-17H2,1-2H3,(H,27,29). The first-order valence-electron chi connectivity index (χ1n) is 11.0. The zero-order valence-electron chi connectivity index (χ0n) is 18.3. The Labute approximate surface area is 188 Å². The summed E-state index contributed by atoms with van der Waals surface area (Å²) < 4.78 is 5.96. The van der Waals surface area contributed by atoms with Gasteiger partial charge in [0, 0.05) is 17.8 Å². The van der Waals surface area contributed by atoms with Crippen LogP contribution in [0.4, 0.5) is 5.69 Å². The van der Waals surface area contributed by atoms with Gasteiger partial charge in [-0.25, -0.2) is 0 Å². The molecule has 0 spiro atoms. The van der Waals surface area contributed by atoms with Crippen molar-refractivity contribution in [2.45, 2.75) is 46.3 Å². The van der Waals surface area contributed by atoms with Crippen LogP contribution in [0.2, 0.25) is 0 Å². The second-order valence-electron chi connectivity index (χ2n) is 8.29. The maximum absolute atomic E-state index is 12.7. The molecule has 162 valence electrons. The average Bonchev–Trinajstić information content (AvgIpc) is 3.26. The predicted molar refractivity (Wildman–Crippen MR) is 128 cm³/mol. The lowest BCUT2D eigenvalue weighted by Crippen LogP contribution is -2.29. The van der Waals surface area contributed by atoms with E-state index in [9.17, 15) is 4.79 Å². The van der Waals surface area contributed by atoms with Gasteiger partial charge in [0.1, 0.15) is 12.4 Å². The highest BCUT2D eigenvalue weighted by molar-refractivity contribution is 7.12. The third-order valence-corrected chi connectivity index (χ3v) is 6.87. The van der Waals surface area contributed by atoms with E-state index in [1.807, 2.05) is 35.7 Å². The Balaban J connectivity index is 1.30. The predicted octanol–water partition coefficient (Wildman–Crippen LogP) is 6.18. The molecule has 1 aliphatic rings. The first-order valence-corrected chi connectivity index (χ1v) is 11.9. The van der Waals surface area contributed by atoms with Crippen molar-refractivity contribution >= 4 is 22.9 Å². The fourth-order valence-electron chi connectivity index (χ4n) is 3.87. The van der Waals surface area contributed by atoms with Crippen molar-refractivity contribution in [2.75, 3.05) is 18.4 Å². The molecule has 1 saturated heterocycles. The number of anilines is 1.